The highest BCUT2D eigenvalue weighted by atomic mass is 19.4. The lowest BCUT2D eigenvalue weighted by Crippen LogP contribution is -2.77. The molecule has 0 radical (unpaired) electrons. The van der Waals surface area contributed by atoms with Crippen molar-refractivity contribution in [1.29, 1.82) is 0 Å². The van der Waals surface area contributed by atoms with E-state index in [-0.39, 0.29) is 18.1 Å². The van der Waals surface area contributed by atoms with Crippen LogP contribution in [-0.2, 0) is 17.4 Å². The Hall–Kier alpha value is -2.82. The zero-order valence-electron chi connectivity index (χ0n) is 18.4. The number of nitrogens with zero attached hydrogens (tertiary/aromatic N) is 3. The maximum Gasteiger partial charge on any atom is 0.416 e. The summed E-state index contributed by atoms with van der Waals surface area (Å²) in [6.07, 6.45) is -5.16. The minimum atomic E-state index is -4.46. The van der Waals surface area contributed by atoms with Gasteiger partial charge in [-0.05, 0) is 49.0 Å². The first-order chi connectivity index (χ1) is 15.6. The number of likely N-dealkylation sites (tertiary alicyclic amines) is 1. The summed E-state index contributed by atoms with van der Waals surface area (Å²) in [7, 11) is 3.45. The van der Waals surface area contributed by atoms with Crippen molar-refractivity contribution >= 4 is 5.91 Å². The van der Waals surface area contributed by atoms with Gasteiger partial charge in [0.15, 0.2) is 6.23 Å². The van der Waals surface area contributed by atoms with Gasteiger partial charge in [0.2, 0.25) is 11.6 Å². The number of methoxy groups -OCH3 is 1. The SMILES string of the molecule is COc1ccc(CC(=O)N2CCC2(Oc2ccc(C(F)(F)F)cc2)C(O)N2CN(C)C2)cc1. The second kappa shape index (κ2) is 8.85. The van der Waals surface area contributed by atoms with Crippen molar-refractivity contribution in [3.05, 3.63) is 59.7 Å². The van der Waals surface area contributed by atoms with Gasteiger partial charge in [0, 0.05) is 13.0 Å². The highest BCUT2D eigenvalue weighted by Crippen LogP contribution is 2.40. The molecule has 0 spiro atoms. The van der Waals surface area contributed by atoms with Crippen molar-refractivity contribution in [1.82, 2.24) is 14.7 Å². The average Bonchev–Trinajstić information content (AvgIpc) is 2.74. The fourth-order valence-corrected chi connectivity index (χ4v) is 4.16. The van der Waals surface area contributed by atoms with Crippen molar-refractivity contribution < 1.29 is 32.5 Å². The van der Waals surface area contributed by atoms with Crippen LogP contribution in [0.2, 0.25) is 0 Å². The van der Waals surface area contributed by atoms with Gasteiger partial charge in [-0.3, -0.25) is 9.69 Å². The van der Waals surface area contributed by atoms with Gasteiger partial charge in [0.25, 0.3) is 0 Å². The van der Waals surface area contributed by atoms with Crippen LogP contribution in [0.3, 0.4) is 0 Å². The topological polar surface area (TPSA) is 65.5 Å². The Morgan fingerprint density at radius 2 is 1.70 bits per heavy atom. The number of ether oxygens (including phenoxy) is 2. The van der Waals surface area contributed by atoms with E-state index >= 15 is 0 Å². The van der Waals surface area contributed by atoms with Crippen molar-refractivity contribution in [2.24, 2.45) is 0 Å². The van der Waals surface area contributed by atoms with Crippen molar-refractivity contribution in [2.75, 3.05) is 34.0 Å². The third-order valence-electron chi connectivity index (χ3n) is 6.04. The van der Waals surface area contributed by atoms with E-state index in [1.165, 1.54) is 17.0 Å². The molecule has 7 nitrogen and oxygen atoms in total. The summed E-state index contributed by atoms with van der Waals surface area (Å²) in [5, 5.41) is 11.1. The Bertz CT molecular complexity index is 978. The Balaban J connectivity index is 1.55. The zero-order valence-corrected chi connectivity index (χ0v) is 18.4. The minimum absolute atomic E-state index is 0.0920. The number of rotatable bonds is 7. The molecule has 2 atom stereocenters. The standard InChI is InChI=1S/C23H26F3N3O4/c1-27-14-28(15-27)21(31)22(33-19-9-5-17(6-10-19)23(24,25)26)11-12-29(22)20(30)13-16-3-7-18(32-2)8-4-16/h3-10,21,31H,11-15H2,1-2H3. The average molecular weight is 465 g/mol. The molecule has 2 aromatic carbocycles. The Labute approximate surface area is 189 Å². The lowest BCUT2D eigenvalue weighted by atomic mass is 9.92. The number of carbonyl (C=O) groups excluding carboxylic acids is 1. The molecule has 0 saturated carbocycles. The molecule has 33 heavy (non-hydrogen) atoms. The van der Waals surface area contributed by atoms with E-state index < -0.39 is 23.7 Å². The van der Waals surface area contributed by atoms with Gasteiger partial charge in [-0.25, -0.2) is 4.90 Å². The summed E-state index contributed by atoms with van der Waals surface area (Å²) in [6.45, 7) is 1.34. The van der Waals surface area contributed by atoms with E-state index in [0.717, 1.165) is 17.7 Å². The molecule has 1 amide bonds. The lowest BCUT2D eigenvalue weighted by Gasteiger charge is -2.58. The van der Waals surface area contributed by atoms with Gasteiger partial charge in [-0.15, -0.1) is 0 Å². The quantitative estimate of drug-likeness (QED) is 0.679. The van der Waals surface area contributed by atoms with Crippen LogP contribution in [0.25, 0.3) is 0 Å². The molecule has 0 bridgehead atoms. The highest BCUT2D eigenvalue weighted by molar-refractivity contribution is 5.80. The van der Waals surface area contributed by atoms with Gasteiger partial charge >= 0.3 is 6.18 Å². The summed E-state index contributed by atoms with van der Waals surface area (Å²) < 4.78 is 50.0. The lowest BCUT2D eigenvalue weighted by molar-refractivity contribution is -0.277. The second-order valence-corrected chi connectivity index (χ2v) is 8.39. The predicted molar refractivity (Wildman–Crippen MR) is 113 cm³/mol. The van der Waals surface area contributed by atoms with Crippen LogP contribution in [0.1, 0.15) is 17.5 Å². The first-order valence-corrected chi connectivity index (χ1v) is 10.5. The van der Waals surface area contributed by atoms with E-state index in [9.17, 15) is 23.1 Å². The molecule has 2 heterocycles. The van der Waals surface area contributed by atoms with Crippen molar-refractivity contribution in [3.8, 4) is 11.5 Å². The number of aliphatic hydroxyl groups excluding tert-OH is 1. The monoisotopic (exact) mass is 465 g/mol. The fraction of sp³-hybridized carbons (Fsp3) is 0.435. The van der Waals surface area contributed by atoms with Crippen LogP contribution in [0.15, 0.2) is 48.5 Å². The largest absolute Gasteiger partial charge is 0.497 e. The van der Waals surface area contributed by atoms with Gasteiger partial charge in [-0.2, -0.15) is 13.2 Å². The van der Waals surface area contributed by atoms with Crippen LogP contribution in [0, 0.1) is 0 Å². The van der Waals surface area contributed by atoms with Crippen molar-refractivity contribution in [2.45, 2.75) is 31.0 Å². The summed E-state index contributed by atoms with van der Waals surface area (Å²) in [6, 6.07) is 11.4. The number of hydrogen-bond acceptors (Lipinski definition) is 6. The molecule has 2 aromatic rings. The van der Waals surface area contributed by atoms with E-state index in [2.05, 4.69) is 0 Å². The van der Waals surface area contributed by atoms with Crippen LogP contribution in [0.4, 0.5) is 13.2 Å². The molecule has 2 unspecified atom stereocenters. The molecular weight excluding hydrogens is 439 g/mol. The first kappa shape index (κ1) is 23.3. The van der Waals surface area contributed by atoms with Crippen LogP contribution in [-0.4, -0.2) is 71.7 Å². The van der Waals surface area contributed by atoms with Gasteiger partial charge in [0.05, 0.1) is 32.4 Å². The summed E-state index contributed by atoms with van der Waals surface area (Å²) in [5.41, 5.74) is -1.41. The number of benzene rings is 2. The summed E-state index contributed by atoms with van der Waals surface area (Å²) in [5.74, 6) is 0.580. The molecule has 0 aliphatic carbocycles. The molecule has 2 fully saturated rings. The van der Waals surface area contributed by atoms with E-state index in [0.29, 0.717) is 32.1 Å². The first-order valence-electron chi connectivity index (χ1n) is 10.5. The van der Waals surface area contributed by atoms with Gasteiger partial charge < -0.3 is 19.5 Å². The Morgan fingerprint density at radius 1 is 1.09 bits per heavy atom. The number of aliphatic hydroxyl groups is 1. The smallest absolute Gasteiger partial charge is 0.416 e. The van der Waals surface area contributed by atoms with Crippen LogP contribution in [0.5, 0.6) is 11.5 Å². The molecule has 1 N–H and O–H groups in total. The van der Waals surface area contributed by atoms with Gasteiger partial charge in [-0.1, -0.05) is 12.1 Å². The minimum Gasteiger partial charge on any atom is -0.497 e. The van der Waals surface area contributed by atoms with Crippen molar-refractivity contribution in [3.63, 3.8) is 0 Å². The molecule has 4 rings (SSSR count). The molecule has 0 aromatic heterocycles. The Kier molecular flexibility index (Phi) is 6.26. The van der Waals surface area contributed by atoms with Crippen LogP contribution >= 0.6 is 0 Å². The molecule has 178 valence electrons. The number of alkyl halides is 3. The highest BCUT2D eigenvalue weighted by Gasteiger charge is 2.58. The number of hydrogen-bond donors (Lipinski definition) is 1. The number of halogens is 3. The maximum atomic E-state index is 13.2. The van der Waals surface area contributed by atoms with E-state index in [4.69, 9.17) is 9.47 Å². The number of carbonyl (C=O) groups is 1. The predicted octanol–water partition coefficient (Wildman–Crippen LogP) is 2.74. The number of amides is 1. The van der Waals surface area contributed by atoms with E-state index in [1.807, 2.05) is 11.9 Å². The summed E-state index contributed by atoms with van der Waals surface area (Å²) >= 11 is 0. The van der Waals surface area contributed by atoms with Crippen LogP contribution < -0.4 is 9.47 Å². The fourth-order valence-electron chi connectivity index (χ4n) is 4.16. The molecule has 2 saturated heterocycles. The van der Waals surface area contributed by atoms with E-state index in [1.54, 1.807) is 36.3 Å². The summed E-state index contributed by atoms with van der Waals surface area (Å²) in [4.78, 5) is 18.4. The third-order valence-corrected chi connectivity index (χ3v) is 6.04. The molecular formula is C23H26F3N3O4. The normalized spacial score (nSPS) is 22.3. The Morgan fingerprint density at radius 3 is 2.18 bits per heavy atom. The second-order valence-electron chi connectivity index (χ2n) is 8.39. The molecule has 2 aliphatic heterocycles. The zero-order chi connectivity index (χ0) is 23.8. The van der Waals surface area contributed by atoms with Gasteiger partial charge in [0.1, 0.15) is 11.5 Å². The molecule has 10 heteroatoms. The maximum absolute atomic E-state index is 13.2. The third kappa shape index (κ3) is 4.64. The molecule has 2 aliphatic rings.